The first-order valence-corrected chi connectivity index (χ1v) is 7.24. The molecule has 1 aromatic rings. The van der Waals surface area contributed by atoms with E-state index in [1.807, 2.05) is 0 Å². The quantitative estimate of drug-likeness (QED) is 0.867. The predicted molar refractivity (Wildman–Crippen MR) is 74.9 cm³/mol. The molecule has 0 saturated heterocycles. The maximum absolute atomic E-state index is 12.6. The third-order valence-electron chi connectivity index (χ3n) is 2.63. The normalized spacial score (nSPS) is 14.4. The summed E-state index contributed by atoms with van der Waals surface area (Å²) in [6, 6.07) is 4.84. The van der Waals surface area contributed by atoms with Gasteiger partial charge in [0.25, 0.3) is 6.43 Å². The third-order valence-corrected chi connectivity index (χ3v) is 3.92. The molecule has 1 aliphatic heterocycles. The van der Waals surface area contributed by atoms with Crippen molar-refractivity contribution in [3.63, 3.8) is 0 Å². The van der Waals surface area contributed by atoms with Gasteiger partial charge in [-0.15, -0.1) is 23.4 Å². The smallest absolute Gasteiger partial charge is 0.256 e. The van der Waals surface area contributed by atoms with Crippen LogP contribution in [-0.4, -0.2) is 36.4 Å². The van der Waals surface area contributed by atoms with Crippen molar-refractivity contribution in [2.45, 2.75) is 11.3 Å². The van der Waals surface area contributed by atoms with Crippen molar-refractivity contribution in [2.24, 2.45) is 0 Å². The molecule has 4 nitrogen and oxygen atoms in total. The van der Waals surface area contributed by atoms with Gasteiger partial charge in [0, 0.05) is 10.6 Å². The van der Waals surface area contributed by atoms with E-state index >= 15 is 0 Å². The van der Waals surface area contributed by atoms with Crippen molar-refractivity contribution in [3.05, 3.63) is 18.2 Å². The fraction of sp³-hybridized carbons (Fsp3) is 0.333. The van der Waals surface area contributed by atoms with Crippen LogP contribution < -0.4 is 10.2 Å². The van der Waals surface area contributed by atoms with Gasteiger partial charge in [-0.25, -0.2) is 8.78 Å². The zero-order chi connectivity index (χ0) is 14.7. The maximum atomic E-state index is 12.6. The molecule has 0 fully saturated rings. The van der Waals surface area contributed by atoms with Crippen molar-refractivity contribution < 1.29 is 18.4 Å². The molecule has 0 aliphatic carbocycles. The monoisotopic (exact) mass is 320 g/mol. The molecule has 108 valence electrons. The highest BCUT2D eigenvalue weighted by molar-refractivity contribution is 8.00. The third kappa shape index (κ3) is 3.40. The van der Waals surface area contributed by atoms with Gasteiger partial charge in [-0.2, -0.15) is 0 Å². The second-order valence-corrected chi connectivity index (χ2v) is 5.33. The molecular formula is C12H11ClF2N2O2S. The van der Waals surface area contributed by atoms with Crippen molar-refractivity contribution >= 4 is 46.6 Å². The van der Waals surface area contributed by atoms with Crippen LogP contribution in [0.5, 0.6) is 0 Å². The number of alkyl halides is 3. The molecule has 8 heteroatoms. The van der Waals surface area contributed by atoms with Gasteiger partial charge >= 0.3 is 0 Å². The van der Waals surface area contributed by atoms with Gasteiger partial charge in [-0.1, -0.05) is 0 Å². The van der Waals surface area contributed by atoms with Gasteiger partial charge in [0.1, 0.15) is 5.88 Å². The second-order valence-electron chi connectivity index (χ2n) is 4.05. The largest absolute Gasteiger partial charge is 0.325 e. The van der Waals surface area contributed by atoms with Crippen LogP contribution in [0.2, 0.25) is 0 Å². The van der Waals surface area contributed by atoms with Gasteiger partial charge in [-0.3, -0.25) is 9.59 Å². The minimum Gasteiger partial charge on any atom is -0.325 e. The number of fused-ring (bicyclic) bond motifs is 1. The van der Waals surface area contributed by atoms with Gasteiger partial charge in [0.05, 0.1) is 18.0 Å². The van der Waals surface area contributed by atoms with E-state index in [9.17, 15) is 18.4 Å². The Kier molecular flexibility index (Phi) is 4.82. The first kappa shape index (κ1) is 15.1. The molecule has 1 heterocycles. The molecule has 20 heavy (non-hydrogen) atoms. The van der Waals surface area contributed by atoms with Crippen LogP contribution in [0.3, 0.4) is 0 Å². The Bertz CT molecular complexity index is 542. The van der Waals surface area contributed by atoms with E-state index in [1.54, 1.807) is 12.1 Å². The summed E-state index contributed by atoms with van der Waals surface area (Å²) in [7, 11) is 0. The van der Waals surface area contributed by atoms with Gasteiger partial charge in [-0.05, 0) is 18.2 Å². The zero-order valence-corrected chi connectivity index (χ0v) is 11.8. The molecule has 0 bridgehead atoms. The minimum absolute atomic E-state index is 0.132. The Morgan fingerprint density at radius 3 is 2.90 bits per heavy atom. The molecule has 0 saturated carbocycles. The fourth-order valence-electron chi connectivity index (χ4n) is 1.81. The Morgan fingerprint density at radius 2 is 2.25 bits per heavy atom. The van der Waals surface area contributed by atoms with Crippen LogP contribution in [0, 0.1) is 0 Å². The summed E-state index contributed by atoms with van der Waals surface area (Å²) in [6.45, 7) is -0.653. The number of halogens is 3. The van der Waals surface area contributed by atoms with Gasteiger partial charge in [0.2, 0.25) is 11.8 Å². The minimum atomic E-state index is -2.61. The van der Waals surface area contributed by atoms with E-state index in [0.29, 0.717) is 11.4 Å². The van der Waals surface area contributed by atoms with Crippen LogP contribution in [0.1, 0.15) is 0 Å². The second kappa shape index (κ2) is 6.41. The summed E-state index contributed by atoms with van der Waals surface area (Å²) >= 11 is 6.67. The molecule has 0 spiro atoms. The fourth-order valence-corrected chi connectivity index (χ4v) is 2.80. The molecule has 1 aliphatic rings. The van der Waals surface area contributed by atoms with Crippen LogP contribution in [0.15, 0.2) is 23.1 Å². The maximum Gasteiger partial charge on any atom is 0.256 e. The van der Waals surface area contributed by atoms with Gasteiger partial charge < -0.3 is 10.2 Å². The number of carbonyl (C=O) groups excluding carboxylic acids is 2. The first-order valence-electron chi connectivity index (χ1n) is 5.72. The number of nitrogens with zero attached hydrogens (tertiary/aromatic N) is 1. The average Bonchev–Trinajstić information content (AvgIpc) is 2.41. The number of nitrogens with one attached hydrogen (secondary N) is 1. The zero-order valence-electron chi connectivity index (χ0n) is 10.2. The van der Waals surface area contributed by atoms with Crippen LogP contribution >= 0.6 is 23.4 Å². The molecule has 0 unspecified atom stereocenters. The number of carbonyl (C=O) groups is 2. The summed E-state index contributed by atoms with van der Waals surface area (Å²) in [6.07, 6.45) is -2.61. The summed E-state index contributed by atoms with van der Waals surface area (Å²) in [5.41, 5.74) is 0.808. The van der Waals surface area contributed by atoms with Gasteiger partial charge in [0.15, 0.2) is 0 Å². The van der Waals surface area contributed by atoms with E-state index in [0.717, 1.165) is 9.80 Å². The lowest BCUT2D eigenvalue weighted by Gasteiger charge is -2.29. The number of thioether (sulfide) groups is 1. The van der Waals surface area contributed by atoms with E-state index in [4.69, 9.17) is 11.6 Å². The number of hydrogen-bond acceptors (Lipinski definition) is 3. The molecule has 1 N–H and O–H groups in total. The molecule has 2 rings (SSSR count). The number of rotatable bonds is 4. The number of benzene rings is 1. The molecule has 0 atom stereocenters. The molecular weight excluding hydrogens is 310 g/mol. The van der Waals surface area contributed by atoms with Crippen molar-refractivity contribution in [1.29, 1.82) is 0 Å². The highest BCUT2D eigenvalue weighted by atomic mass is 35.5. The van der Waals surface area contributed by atoms with E-state index in [2.05, 4.69) is 5.32 Å². The van der Waals surface area contributed by atoms with Crippen molar-refractivity contribution in [3.8, 4) is 0 Å². The van der Waals surface area contributed by atoms with Crippen LogP contribution in [0.4, 0.5) is 20.2 Å². The number of anilines is 2. The highest BCUT2D eigenvalue weighted by Crippen LogP contribution is 2.37. The number of hydrogen-bond donors (Lipinski definition) is 1. The Labute approximate surface area is 123 Å². The lowest BCUT2D eigenvalue weighted by molar-refractivity contribution is -0.116. The average molecular weight is 321 g/mol. The summed E-state index contributed by atoms with van der Waals surface area (Å²) in [4.78, 5) is 24.7. The van der Waals surface area contributed by atoms with Crippen molar-refractivity contribution in [2.75, 3.05) is 28.4 Å². The topological polar surface area (TPSA) is 49.4 Å². The van der Waals surface area contributed by atoms with Crippen LogP contribution in [0.25, 0.3) is 0 Å². The Hall–Kier alpha value is -1.34. The summed E-state index contributed by atoms with van der Waals surface area (Å²) in [5.74, 6) is -0.844. The molecule has 2 amide bonds. The first-order chi connectivity index (χ1) is 9.51. The molecule has 0 aromatic heterocycles. The summed E-state index contributed by atoms with van der Waals surface area (Å²) < 4.78 is 25.1. The van der Waals surface area contributed by atoms with E-state index in [1.165, 1.54) is 17.8 Å². The number of amides is 2. The lowest BCUT2D eigenvalue weighted by Crippen LogP contribution is -2.38. The summed E-state index contributed by atoms with van der Waals surface area (Å²) in [5, 5.41) is 2.52. The molecule has 1 aromatic carbocycles. The standard InChI is InChI=1S/C12H11ClF2N2O2S/c13-4-11(18)16-7-1-2-9-8(3-7)17(5-10(14)15)12(19)6-20-9/h1-3,10H,4-6H2,(H,16,18). The predicted octanol–water partition coefficient (Wildman–Crippen LogP) is 2.57. The van der Waals surface area contributed by atoms with Crippen molar-refractivity contribution in [1.82, 2.24) is 0 Å². The lowest BCUT2D eigenvalue weighted by atomic mass is 10.2. The Morgan fingerprint density at radius 1 is 1.50 bits per heavy atom. The SMILES string of the molecule is O=C(CCl)Nc1ccc2c(c1)N(CC(F)F)C(=O)CS2. The highest BCUT2D eigenvalue weighted by Gasteiger charge is 2.27. The Balaban J connectivity index is 2.30. The molecule has 0 radical (unpaired) electrons. The van der Waals surface area contributed by atoms with E-state index in [-0.39, 0.29) is 17.5 Å². The van der Waals surface area contributed by atoms with Crippen LogP contribution in [-0.2, 0) is 9.59 Å². The van der Waals surface area contributed by atoms with E-state index < -0.39 is 18.9 Å².